The van der Waals surface area contributed by atoms with E-state index in [0.717, 1.165) is 11.3 Å². The predicted molar refractivity (Wildman–Crippen MR) is 109 cm³/mol. The van der Waals surface area contributed by atoms with Gasteiger partial charge in [-0.05, 0) is 35.5 Å². The van der Waals surface area contributed by atoms with E-state index in [1.807, 2.05) is 34.2 Å². The first-order valence-corrected chi connectivity index (χ1v) is 9.73. The lowest BCUT2D eigenvalue weighted by molar-refractivity contribution is 0.275. The average molecular weight is 435 g/mol. The molecule has 0 radical (unpaired) electrons. The molecule has 9 nitrogen and oxygen atoms in total. The molecule has 0 spiro atoms. The number of fused-ring (bicyclic) bond motifs is 6. The zero-order valence-corrected chi connectivity index (χ0v) is 16.4. The lowest BCUT2D eigenvalue weighted by Crippen LogP contribution is -2.48. The van der Waals surface area contributed by atoms with Gasteiger partial charge in [0.25, 0.3) is 11.8 Å². The van der Waals surface area contributed by atoms with E-state index in [1.54, 1.807) is 29.7 Å². The minimum Gasteiger partial charge on any atom is -0.332 e. The molecule has 1 aromatic heterocycles. The summed E-state index contributed by atoms with van der Waals surface area (Å²) in [5.74, 6) is 0.787. The van der Waals surface area contributed by atoms with Gasteiger partial charge in [-0.3, -0.25) is 4.90 Å². The van der Waals surface area contributed by atoms with Crippen molar-refractivity contribution in [1.82, 2.24) is 20.0 Å². The van der Waals surface area contributed by atoms with Gasteiger partial charge in [0.05, 0.1) is 11.9 Å². The molecule has 31 heavy (non-hydrogen) atoms. The molecule has 0 fully saturated rings. The number of benzene rings is 2. The number of hydrazine groups is 1. The summed E-state index contributed by atoms with van der Waals surface area (Å²) in [6.07, 6.45) is 4.96. The maximum Gasteiger partial charge on any atom is 0.291 e. The maximum atomic E-state index is 13.2. The van der Waals surface area contributed by atoms with Gasteiger partial charge in [-0.15, -0.1) is 0 Å². The van der Waals surface area contributed by atoms with Crippen molar-refractivity contribution in [2.24, 2.45) is 4.99 Å². The molecule has 3 aliphatic rings. The van der Waals surface area contributed by atoms with Crippen molar-refractivity contribution in [3.05, 3.63) is 71.9 Å². The van der Waals surface area contributed by atoms with Gasteiger partial charge >= 0.3 is 0 Å². The van der Waals surface area contributed by atoms with E-state index in [2.05, 4.69) is 21.3 Å². The van der Waals surface area contributed by atoms with Crippen LogP contribution < -0.4 is 9.91 Å². The van der Waals surface area contributed by atoms with Crippen LogP contribution in [0.15, 0.2) is 70.1 Å². The fourth-order valence-electron chi connectivity index (χ4n) is 3.87. The van der Waals surface area contributed by atoms with Gasteiger partial charge in [0.15, 0.2) is 23.8 Å². The summed E-state index contributed by atoms with van der Waals surface area (Å²) >= 11 is 6.57. The largest absolute Gasteiger partial charge is 0.332 e. The van der Waals surface area contributed by atoms with Crippen LogP contribution in [0, 0.1) is 17.3 Å². The van der Waals surface area contributed by atoms with Crippen LogP contribution in [0.5, 0.6) is 0 Å². The van der Waals surface area contributed by atoms with Crippen molar-refractivity contribution >= 4 is 29.6 Å². The van der Waals surface area contributed by atoms with E-state index >= 15 is 0 Å². The summed E-state index contributed by atoms with van der Waals surface area (Å²) in [6.45, 7) is 0. The Kier molecular flexibility index (Phi) is 3.69. The third-order valence-electron chi connectivity index (χ3n) is 5.26. The summed E-state index contributed by atoms with van der Waals surface area (Å²) in [6, 6.07) is 13.5. The first-order chi connectivity index (χ1) is 15.2. The molecule has 152 valence electrons. The third kappa shape index (κ3) is 2.50. The van der Waals surface area contributed by atoms with Gasteiger partial charge in [0, 0.05) is 11.1 Å². The highest BCUT2D eigenvalue weighted by Gasteiger charge is 2.48. The standard InChI is InChI=1S/C20H12ClFN8O/c21-19-27(10-23)9-16-29(19)15-4-2-1-3-14(15)17-24-11-28(30(16)17)20-25-18(31-26-20)12-5-7-13(22)8-6-12/h1-9,11,17,19H. The predicted octanol–water partition coefficient (Wildman–Crippen LogP) is 3.58. The molecular weight excluding hydrogens is 423 g/mol. The van der Waals surface area contributed by atoms with Crippen molar-refractivity contribution in [1.29, 1.82) is 5.26 Å². The molecule has 0 amide bonds. The van der Waals surface area contributed by atoms with E-state index in [1.165, 1.54) is 17.0 Å². The molecular formula is C20H12ClFN8O. The summed E-state index contributed by atoms with van der Waals surface area (Å²) in [5, 5.41) is 17.0. The van der Waals surface area contributed by atoms with Crippen LogP contribution in [-0.2, 0) is 0 Å². The number of alkyl halides is 1. The zero-order chi connectivity index (χ0) is 21.1. The monoisotopic (exact) mass is 434 g/mol. The highest BCUT2D eigenvalue weighted by Crippen LogP contribution is 2.48. The van der Waals surface area contributed by atoms with Crippen LogP contribution in [0.3, 0.4) is 0 Å². The Hall–Kier alpha value is -4.10. The van der Waals surface area contributed by atoms with Crippen molar-refractivity contribution in [3.63, 3.8) is 0 Å². The number of aliphatic imine (C=N–C) groups is 1. The minimum absolute atomic E-state index is 0.243. The molecule has 0 saturated carbocycles. The molecule has 3 aliphatic heterocycles. The lowest BCUT2D eigenvalue weighted by atomic mass is 10.1. The highest BCUT2D eigenvalue weighted by molar-refractivity contribution is 6.22. The number of anilines is 2. The Labute approximate surface area is 180 Å². The maximum absolute atomic E-state index is 13.2. The fraction of sp³-hybridized carbons (Fsp3) is 0.100. The van der Waals surface area contributed by atoms with E-state index in [-0.39, 0.29) is 23.8 Å². The molecule has 3 aromatic rings. The lowest BCUT2D eigenvalue weighted by Gasteiger charge is -2.42. The summed E-state index contributed by atoms with van der Waals surface area (Å²) in [5.41, 5.74) is 1.66. The number of rotatable bonds is 2. The zero-order valence-electron chi connectivity index (χ0n) is 15.7. The van der Waals surface area contributed by atoms with Crippen molar-refractivity contribution < 1.29 is 8.91 Å². The Morgan fingerprint density at radius 2 is 1.94 bits per heavy atom. The Morgan fingerprint density at radius 3 is 2.74 bits per heavy atom. The van der Waals surface area contributed by atoms with Gasteiger partial charge in [-0.1, -0.05) is 29.8 Å². The first kappa shape index (κ1) is 17.7. The number of aromatic nitrogens is 2. The Morgan fingerprint density at radius 1 is 1.13 bits per heavy atom. The molecule has 6 rings (SSSR count). The average Bonchev–Trinajstić information content (AvgIpc) is 3.51. The minimum atomic E-state index is -0.718. The molecule has 4 heterocycles. The van der Waals surface area contributed by atoms with Gasteiger partial charge in [-0.2, -0.15) is 10.2 Å². The number of nitrogens with zero attached hydrogens (tertiary/aromatic N) is 8. The van der Waals surface area contributed by atoms with Crippen LogP contribution in [-0.4, -0.2) is 32.0 Å². The van der Waals surface area contributed by atoms with Gasteiger partial charge in [0.1, 0.15) is 12.2 Å². The Balaban J connectivity index is 1.42. The smallest absolute Gasteiger partial charge is 0.291 e. The van der Waals surface area contributed by atoms with Gasteiger partial charge in [0.2, 0.25) is 0 Å². The second kappa shape index (κ2) is 6.45. The van der Waals surface area contributed by atoms with E-state index < -0.39 is 5.62 Å². The fourth-order valence-corrected chi connectivity index (χ4v) is 4.17. The van der Waals surface area contributed by atoms with Crippen molar-refractivity contribution in [2.75, 3.05) is 9.91 Å². The SMILES string of the molecule is N#CN1C=C2N(c3ccccc3C3N=CN(c4noc(-c5ccc(F)cc5)n4)N23)C1Cl. The molecule has 11 heteroatoms. The summed E-state index contributed by atoms with van der Waals surface area (Å²) in [4.78, 5) is 12.3. The van der Waals surface area contributed by atoms with Crippen molar-refractivity contribution in [2.45, 2.75) is 11.8 Å². The normalized spacial score (nSPS) is 21.0. The quantitative estimate of drug-likeness (QED) is 0.343. The molecule has 0 saturated heterocycles. The molecule has 0 N–H and O–H groups in total. The Bertz CT molecular complexity index is 1280. The van der Waals surface area contributed by atoms with Crippen LogP contribution in [0.25, 0.3) is 11.5 Å². The number of hydrogen-bond acceptors (Lipinski definition) is 9. The summed E-state index contributed by atoms with van der Waals surface area (Å²) in [7, 11) is 0. The van der Waals surface area contributed by atoms with Gasteiger partial charge < -0.3 is 4.52 Å². The number of nitriles is 1. The molecule has 2 aromatic carbocycles. The van der Waals surface area contributed by atoms with Crippen LogP contribution in [0.4, 0.5) is 16.0 Å². The van der Waals surface area contributed by atoms with E-state index in [4.69, 9.17) is 16.1 Å². The number of para-hydroxylation sites is 1. The molecule has 0 aliphatic carbocycles. The second-order valence-corrected chi connectivity index (χ2v) is 7.36. The van der Waals surface area contributed by atoms with Crippen molar-refractivity contribution in [3.8, 4) is 17.6 Å². The highest BCUT2D eigenvalue weighted by atomic mass is 35.5. The van der Waals surface area contributed by atoms with Crippen LogP contribution in [0.1, 0.15) is 11.7 Å². The summed E-state index contributed by atoms with van der Waals surface area (Å²) < 4.78 is 18.6. The number of hydrogen-bond donors (Lipinski definition) is 0. The molecule has 2 atom stereocenters. The number of halogens is 2. The van der Waals surface area contributed by atoms with E-state index in [0.29, 0.717) is 11.4 Å². The van der Waals surface area contributed by atoms with Gasteiger partial charge in [-0.25, -0.2) is 24.3 Å². The van der Waals surface area contributed by atoms with Crippen LogP contribution >= 0.6 is 11.6 Å². The topological polar surface area (TPSA) is 88.0 Å². The van der Waals surface area contributed by atoms with E-state index in [9.17, 15) is 9.65 Å². The molecule has 2 unspecified atom stereocenters. The first-order valence-electron chi connectivity index (χ1n) is 9.29. The van der Waals surface area contributed by atoms with Crippen LogP contribution in [0.2, 0.25) is 0 Å². The third-order valence-corrected chi connectivity index (χ3v) is 5.67. The molecule has 0 bridgehead atoms. The second-order valence-electron chi connectivity index (χ2n) is 6.97.